The van der Waals surface area contributed by atoms with Crippen LogP contribution in [0, 0.1) is 6.92 Å². The van der Waals surface area contributed by atoms with Crippen molar-refractivity contribution in [1.82, 2.24) is 10.3 Å². The van der Waals surface area contributed by atoms with E-state index in [0.29, 0.717) is 6.42 Å². The summed E-state index contributed by atoms with van der Waals surface area (Å²) in [5, 5.41) is 6.08. The monoisotopic (exact) mass is 272 g/mol. The van der Waals surface area contributed by atoms with E-state index in [4.69, 9.17) is 0 Å². The lowest BCUT2D eigenvalue weighted by molar-refractivity contribution is -0.121. The summed E-state index contributed by atoms with van der Waals surface area (Å²) in [6.07, 6.45) is 2.27. The highest BCUT2D eigenvalue weighted by Gasteiger charge is 2.22. The van der Waals surface area contributed by atoms with Crippen LogP contribution in [-0.2, 0) is 24.1 Å². The third kappa shape index (κ3) is 2.84. The first kappa shape index (κ1) is 12.4. The summed E-state index contributed by atoms with van der Waals surface area (Å²) in [6, 6.07) is 8.64. The van der Waals surface area contributed by atoms with Crippen molar-refractivity contribution in [3.05, 3.63) is 51.5 Å². The van der Waals surface area contributed by atoms with Crippen LogP contribution in [0.25, 0.3) is 0 Å². The normalized spacial score (nSPS) is 14.4. The zero-order chi connectivity index (χ0) is 13.2. The molecule has 1 aromatic heterocycles. The standard InChI is InChI=1S/C15H16N2OS/c1-10-16-14(9-19-10)8-15(18)17-13-6-11-4-2-3-5-12(11)7-13/h2-5,9,13H,6-8H2,1H3,(H,17,18). The molecule has 1 heterocycles. The van der Waals surface area contributed by atoms with E-state index in [9.17, 15) is 4.79 Å². The lowest BCUT2D eigenvalue weighted by Gasteiger charge is -2.11. The zero-order valence-corrected chi connectivity index (χ0v) is 11.7. The highest BCUT2D eigenvalue weighted by molar-refractivity contribution is 7.09. The molecule has 98 valence electrons. The van der Waals surface area contributed by atoms with Crippen molar-refractivity contribution in [2.24, 2.45) is 0 Å². The molecular formula is C15H16N2OS. The Hall–Kier alpha value is -1.68. The van der Waals surface area contributed by atoms with E-state index in [2.05, 4.69) is 34.6 Å². The SMILES string of the molecule is Cc1nc(CC(=O)NC2Cc3ccccc3C2)cs1. The first-order chi connectivity index (χ1) is 9.20. The molecule has 2 aromatic rings. The molecular weight excluding hydrogens is 256 g/mol. The Morgan fingerprint density at radius 2 is 2.05 bits per heavy atom. The molecule has 0 saturated carbocycles. The number of aromatic nitrogens is 1. The Balaban J connectivity index is 1.57. The molecule has 19 heavy (non-hydrogen) atoms. The van der Waals surface area contributed by atoms with Crippen molar-refractivity contribution in [3.8, 4) is 0 Å². The number of rotatable bonds is 3. The molecule has 0 unspecified atom stereocenters. The van der Waals surface area contributed by atoms with E-state index in [0.717, 1.165) is 23.5 Å². The van der Waals surface area contributed by atoms with Gasteiger partial charge in [0.25, 0.3) is 0 Å². The number of hydrogen-bond acceptors (Lipinski definition) is 3. The Bertz CT molecular complexity index is 581. The summed E-state index contributed by atoms with van der Waals surface area (Å²) < 4.78 is 0. The largest absolute Gasteiger partial charge is 0.352 e. The maximum absolute atomic E-state index is 12.0. The zero-order valence-electron chi connectivity index (χ0n) is 10.8. The fourth-order valence-electron chi connectivity index (χ4n) is 2.59. The predicted molar refractivity (Wildman–Crippen MR) is 76.3 cm³/mol. The summed E-state index contributed by atoms with van der Waals surface area (Å²) in [6.45, 7) is 1.96. The second kappa shape index (κ2) is 5.13. The van der Waals surface area contributed by atoms with Gasteiger partial charge in [0.2, 0.25) is 5.91 Å². The lowest BCUT2D eigenvalue weighted by Crippen LogP contribution is -2.36. The van der Waals surface area contributed by atoms with Crippen molar-refractivity contribution in [2.45, 2.75) is 32.2 Å². The van der Waals surface area contributed by atoms with Crippen molar-refractivity contribution >= 4 is 17.2 Å². The Morgan fingerprint density at radius 3 is 2.63 bits per heavy atom. The van der Waals surface area contributed by atoms with E-state index in [1.807, 2.05) is 12.3 Å². The van der Waals surface area contributed by atoms with Crippen LogP contribution in [0.5, 0.6) is 0 Å². The second-order valence-corrected chi connectivity index (χ2v) is 6.04. The summed E-state index contributed by atoms with van der Waals surface area (Å²) in [5.74, 6) is 0.0723. The molecule has 0 bridgehead atoms. The second-order valence-electron chi connectivity index (χ2n) is 4.98. The highest BCUT2D eigenvalue weighted by Crippen LogP contribution is 2.21. The van der Waals surface area contributed by atoms with Crippen LogP contribution in [0.15, 0.2) is 29.6 Å². The number of nitrogens with one attached hydrogen (secondary N) is 1. The third-order valence-electron chi connectivity index (χ3n) is 3.42. The van der Waals surface area contributed by atoms with Gasteiger partial charge < -0.3 is 5.32 Å². The van der Waals surface area contributed by atoms with E-state index < -0.39 is 0 Å². The average molecular weight is 272 g/mol. The van der Waals surface area contributed by atoms with Crippen LogP contribution >= 0.6 is 11.3 Å². The van der Waals surface area contributed by atoms with Crippen LogP contribution in [0.3, 0.4) is 0 Å². The molecule has 3 nitrogen and oxygen atoms in total. The van der Waals surface area contributed by atoms with Gasteiger partial charge in [-0.1, -0.05) is 24.3 Å². The smallest absolute Gasteiger partial charge is 0.226 e. The number of carbonyl (C=O) groups excluding carboxylic acids is 1. The molecule has 0 radical (unpaired) electrons. The number of nitrogens with zero attached hydrogens (tertiary/aromatic N) is 1. The van der Waals surface area contributed by atoms with Gasteiger partial charge >= 0.3 is 0 Å². The minimum Gasteiger partial charge on any atom is -0.352 e. The van der Waals surface area contributed by atoms with Gasteiger partial charge in [-0.15, -0.1) is 11.3 Å². The molecule has 1 N–H and O–H groups in total. The van der Waals surface area contributed by atoms with E-state index in [1.54, 1.807) is 11.3 Å². The average Bonchev–Trinajstić information content (AvgIpc) is 2.94. The van der Waals surface area contributed by atoms with Crippen molar-refractivity contribution in [3.63, 3.8) is 0 Å². The molecule has 4 heteroatoms. The first-order valence-corrected chi connectivity index (χ1v) is 7.36. The highest BCUT2D eigenvalue weighted by atomic mass is 32.1. The van der Waals surface area contributed by atoms with Gasteiger partial charge in [0.05, 0.1) is 17.1 Å². The van der Waals surface area contributed by atoms with E-state index >= 15 is 0 Å². The molecule has 3 rings (SSSR count). The number of benzene rings is 1. The van der Waals surface area contributed by atoms with Crippen molar-refractivity contribution in [1.29, 1.82) is 0 Å². The number of amides is 1. The Labute approximate surface area is 116 Å². The minimum absolute atomic E-state index is 0.0723. The Kier molecular flexibility index (Phi) is 3.34. The molecule has 0 spiro atoms. The Morgan fingerprint density at radius 1 is 1.37 bits per heavy atom. The number of hydrogen-bond donors (Lipinski definition) is 1. The summed E-state index contributed by atoms with van der Waals surface area (Å²) in [5.41, 5.74) is 3.59. The number of aryl methyl sites for hydroxylation is 1. The quantitative estimate of drug-likeness (QED) is 0.931. The lowest BCUT2D eigenvalue weighted by atomic mass is 10.1. The van der Waals surface area contributed by atoms with Crippen LogP contribution < -0.4 is 5.32 Å². The third-order valence-corrected chi connectivity index (χ3v) is 4.25. The summed E-state index contributed by atoms with van der Waals surface area (Å²) in [7, 11) is 0. The van der Waals surface area contributed by atoms with Gasteiger partial charge in [0, 0.05) is 11.4 Å². The molecule has 0 atom stereocenters. The molecule has 1 aliphatic carbocycles. The van der Waals surface area contributed by atoms with Crippen LogP contribution in [0.4, 0.5) is 0 Å². The molecule has 1 amide bonds. The van der Waals surface area contributed by atoms with Gasteiger partial charge in [-0.3, -0.25) is 4.79 Å². The van der Waals surface area contributed by atoms with Gasteiger partial charge in [0.1, 0.15) is 0 Å². The topological polar surface area (TPSA) is 42.0 Å². The first-order valence-electron chi connectivity index (χ1n) is 6.48. The molecule has 0 saturated heterocycles. The maximum atomic E-state index is 12.0. The fourth-order valence-corrected chi connectivity index (χ4v) is 3.21. The molecule has 1 aliphatic rings. The number of fused-ring (bicyclic) bond motifs is 1. The van der Waals surface area contributed by atoms with Gasteiger partial charge in [0.15, 0.2) is 0 Å². The van der Waals surface area contributed by atoms with Crippen LogP contribution in [0.2, 0.25) is 0 Å². The number of carbonyl (C=O) groups is 1. The van der Waals surface area contributed by atoms with Gasteiger partial charge in [-0.05, 0) is 30.9 Å². The van der Waals surface area contributed by atoms with Crippen LogP contribution in [-0.4, -0.2) is 16.9 Å². The van der Waals surface area contributed by atoms with Crippen molar-refractivity contribution < 1.29 is 4.79 Å². The minimum atomic E-state index is 0.0723. The van der Waals surface area contributed by atoms with Crippen molar-refractivity contribution in [2.75, 3.05) is 0 Å². The summed E-state index contributed by atoms with van der Waals surface area (Å²) in [4.78, 5) is 16.3. The molecule has 0 aliphatic heterocycles. The van der Waals surface area contributed by atoms with Gasteiger partial charge in [-0.2, -0.15) is 0 Å². The molecule has 0 fully saturated rings. The maximum Gasteiger partial charge on any atom is 0.226 e. The summed E-state index contributed by atoms with van der Waals surface area (Å²) >= 11 is 1.59. The predicted octanol–water partition coefficient (Wildman–Crippen LogP) is 2.28. The fraction of sp³-hybridized carbons (Fsp3) is 0.333. The van der Waals surface area contributed by atoms with E-state index in [1.165, 1.54) is 11.1 Å². The number of thiazole rings is 1. The molecule has 1 aromatic carbocycles. The van der Waals surface area contributed by atoms with Gasteiger partial charge in [-0.25, -0.2) is 4.98 Å². The van der Waals surface area contributed by atoms with E-state index in [-0.39, 0.29) is 11.9 Å². The van der Waals surface area contributed by atoms with Crippen LogP contribution in [0.1, 0.15) is 21.8 Å².